The molecule has 0 aliphatic carbocycles. The molecule has 2 unspecified atom stereocenters. The molecule has 0 aromatic heterocycles. The lowest BCUT2D eigenvalue weighted by atomic mass is 9.77. The van der Waals surface area contributed by atoms with E-state index in [1.165, 1.54) is 11.1 Å². The van der Waals surface area contributed by atoms with E-state index in [2.05, 4.69) is 103 Å². The second kappa shape index (κ2) is 13.0. The van der Waals surface area contributed by atoms with E-state index in [-0.39, 0.29) is 12.2 Å². The molecular formula is C41H40N2O4. The van der Waals surface area contributed by atoms with Gasteiger partial charge in [-0.15, -0.1) is 0 Å². The molecule has 1 spiro atoms. The zero-order chi connectivity index (χ0) is 32.4. The molecule has 0 radical (unpaired) electrons. The number of fused-ring (bicyclic) bond motifs is 6. The molecule has 0 bridgehead atoms. The lowest BCUT2D eigenvalue weighted by molar-refractivity contribution is 0.0224. The normalized spacial score (nSPS) is 16.4. The van der Waals surface area contributed by atoms with E-state index >= 15 is 0 Å². The van der Waals surface area contributed by atoms with E-state index in [9.17, 15) is 4.79 Å². The molecular weight excluding hydrogens is 584 g/mol. The van der Waals surface area contributed by atoms with Crippen LogP contribution in [-0.2, 0) is 28.2 Å². The van der Waals surface area contributed by atoms with Crippen LogP contribution >= 0.6 is 0 Å². The van der Waals surface area contributed by atoms with Crippen molar-refractivity contribution in [2.45, 2.75) is 52.1 Å². The van der Waals surface area contributed by atoms with Crippen LogP contribution in [0.15, 0.2) is 121 Å². The number of carbonyl (C=O) groups is 1. The Kier molecular flexibility index (Phi) is 8.44. The summed E-state index contributed by atoms with van der Waals surface area (Å²) in [6.07, 6.45) is 0.795. The number of nitrogens with zero attached hydrogens (tertiary/aromatic N) is 2. The average Bonchev–Trinajstić information content (AvgIpc) is 3.41. The molecule has 7 rings (SSSR count). The van der Waals surface area contributed by atoms with E-state index in [0.29, 0.717) is 36.8 Å². The van der Waals surface area contributed by atoms with Gasteiger partial charge >= 0.3 is 5.97 Å². The SMILES string of the molecule is CCOC(CC)N(CC)c1ccc2c(c1)Oc1ccc(N(Cc3ccccc3)Cc3ccccc3)cc1C21OC(=O)c2ccccc21. The predicted octanol–water partition coefficient (Wildman–Crippen LogP) is 9.06. The van der Waals surface area contributed by atoms with Crippen LogP contribution in [0.4, 0.5) is 11.4 Å². The van der Waals surface area contributed by atoms with E-state index < -0.39 is 5.60 Å². The zero-order valence-electron chi connectivity index (χ0n) is 27.2. The quantitative estimate of drug-likeness (QED) is 0.108. The largest absolute Gasteiger partial charge is 0.456 e. The summed E-state index contributed by atoms with van der Waals surface area (Å²) >= 11 is 0. The van der Waals surface area contributed by atoms with Gasteiger partial charge in [0.25, 0.3) is 0 Å². The number of benzene rings is 5. The smallest absolute Gasteiger partial charge is 0.340 e. The molecule has 2 aliphatic rings. The Bertz CT molecular complexity index is 1830. The fourth-order valence-electron chi connectivity index (χ4n) is 7.04. The van der Waals surface area contributed by atoms with Gasteiger partial charge in [-0.05, 0) is 67.8 Å². The van der Waals surface area contributed by atoms with Gasteiger partial charge in [0.15, 0.2) is 5.60 Å². The predicted molar refractivity (Wildman–Crippen MR) is 186 cm³/mol. The number of ether oxygens (including phenoxy) is 3. The number of hydrogen-bond donors (Lipinski definition) is 0. The first-order valence-electron chi connectivity index (χ1n) is 16.6. The third-order valence-electron chi connectivity index (χ3n) is 9.20. The van der Waals surface area contributed by atoms with Gasteiger partial charge in [-0.1, -0.05) is 85.8 Å². The maximum absolute atomic E-state index is 13.6. The van der Waals surface area contributed by atoms with Crippen molar-refractivity contribution in [3.8, 4) is 11.5 Å². The van der Waals surface area contributed by atoms with Crippen molar-refractivity contribution in [2.75, 3.05) is 23.0 Å². The molecule has 0 fully saturated rings. The topological polar surface area (TPSA) is 51.2 Å². The van der Waals surface area contributed by atoms with E-state index in [0.717, 1.165) is 41.0 Å². The summed E-state index contributed by atoms with van der Waals surface area (Å²) in [6.45, 7) is 9.12. The van der Waals surface area contributed by atoms with Crippen LogP contribution in [0.3, 0.4) is 0 Å². The number of anilines is 2. The van der Waals surface area contributed by atoms with Crippen molar-refractivity contribution in [3.63, 3.8) is 0 Å². The first-order valence-corrected chi connectivity index (χ1v) is 16.6. The molecule has 6 heteroatoms. The summed E-state index contributed by atoms with van der Waals surface area (Å²) in [5.41, 5.74) is 6.29. The summed E-state index contributed by atoms with van der Waals surface area (Å²) in [6, 6.07) is 41.2. The minimum Gasteiger partial charge on any atom is -0.456 e. The van der Waals surface area contributed by atoms with Crippen LogP contribution < -0.4 is 14.5 Å². The second-order valence-electron chi connectivity index (χ2n) is 12.0. The fraction of sp³-hybridized carbons (Fsp3) is 0.244. The van der Waals surface area contributed by atoms with Crippen molar-refractivity contribution in [1.29, 1.82) is 0 Å². The molecule has 6 nitrogen and oxygen atoms in total. The fourth-order valence-corrected chi connectivity index (χ4v) is 7.04. The molecule has 0 N–H and O–H groups in total. The van der Waals surface area contributed by atoms with Gasteiger partial charge < -0.3 is 24.0 Å². The molecule has 47 heavy (non-hydrogen) atoms. The van der Waals surface area contributed by atoms with E-state index in [1.807, 2.05) is 49.4 Å². The lowest BCUT2D eigenvalue weighted by Gasteiger charge is -2.38. The summed E-state index contributed by atoms with van der Waals surface area (Å²) in [5, 5.41) is 0. The van der Waals surface area contributed by atoms with Crippen LogP contribution in [0.1, 0.15) is 65.4 Å². The molecule has 2 heterocycles. The Hall–Kier alpha value is -5.07. The first-order chi connectivity index (χ1) is 23.0. The van der Waals surface area contributed by atoms with E-state index in [4.69, 9.17) is 14.2 Å². The zero-order valence-corrected chi connectivity index (χ0v) is 27.2. The van der Waals surface area contributed by atoms with Gasteiger partial charge in [0.2, 0.25) is 0 Å². The van der Waals surface area contributed by atoms with E-state index in [1.54, 1.807) is 0 Å². The van der Waals surface area contributed by atoms with Gasteiger partial charge in [0.1, 0.15) is 17.7 Å². The minimum atomic E-state index is -1.16. The second-order valence-corrected chi connectivity index (χ2v) is 12.0. The first kappa shape index (κ1) is 30.6. The molecule has 0 saturated heterocycles. The number of esters is 1. The van der Waals surface area contributed by atoms with Gasteiger partial charge in [-0.2, -0.15) is 0 Å². The molecule has 2 atom stereocenters. The summed E-state index contributed by atoms with van der Waals surface area (Å²) in [5.74, 6) is 1.00. The van der Waals surface area contributed by atoms with Crippen molar-refractivity contribution >= 4 is 17.3 Å². The van der Waals surface area contributed by atoms with Crippen LogP contribution in [-0.4, -0.2) is 25.3 Å². The number of carbonyl (C=O) groups excluding carboxylic acids is 1. The van der Waals surface area contributed by atoms with Gasteiger partial charge in [0.05, 0.1) is 5.56 Å². The molecule has 0 saturated carbocycles. The minimum absolute atomic E-state index is 0.0549. The third-order valence-corrected chi connectivity index (χ3v) is 9.20. The van der Waals surface area contributed by atoms with Crippen LogP contribution in [0, 0.1) is 0 Å². The summed E-state index contributed by atoms with van der Waals surface area (Å²) < 4.78 is 19.3. The van der Waals surface area contributed by atoms with Gasteiger partial charge in [-0.25, -0.2) is 4.79 Å². The van der Waals surface area contributed by atoms with Gasteiger partial charge in [-0.3, -0.25) is 0 Å². The Morgan fingerprint density at radius 1 is 0.681 bits per heavy atom. The summed E-state index contributed by atoms with van der Waals surface area (Å²) in [4.78, 5) is 18.2. The molecule has 2 aliphatic heterocycles. The standard InChI is InChI=1S/C41H40N2O4/c1-4-39(45-6-3)43(5-2)32-21-23-35-38(26-32)46-37-24-22-31(25-36(37)41(35)34-20-14-13-19-33(34)40(44)47-41)42(27-29-15-9-7-10-16-29)28-30-17-11-8-12-18-30/h7-26,39H,4-6,27-28H2,1-3H3. The highest BCUT2D eigenvalue weighted by atomic mass is 16.6. The maximum Gasteiger partial charge on any atom is 0.340 e. The van der Waals surface area contributed by atoms with Crippen LogP contribution in [0.25, 0.3) is 0 Å². The third kappa shape index (κ3) is 5.53. The van der Waals surface area contributed by atoms with Crippen LogP contribution in [0.2, 0.25) is 0 Å². The molecule has 5 aromatic rings. The molecule has 0 amide bonds. The van der Waals surface area contributed by atoms with Crippen LogP contribution in [0.5, 0.6) is 11.5 Å². The van der Waals surface area contributed by atoms with Crippen molar-refractivity contribution < 1.29 is 19.0 Å². The maximum atomic E-state index is 13.6. The van der Waals surface area contributed by atoms with Gasteiger partial charge in [0, 0.05) is 60.4 Å². The van der Waals surface area contributed by atoms with Crippen molar-refractivity contribution in [1.82, 2.24) is 0 Å². The highest BCUT2D eigenvalue weighted by Gasteiger charge is 2.53. The molecule has 5 aromatic carbocycles. The highest BCUT2D eigenvalue weighted by molar-refractivity contribution is 5.97. The monoisotopic (exact) mass is 624 g/mol. The Morgan fingerprint density at radius 3 is 2.00 bits per heavy atom. The Balaban J connectivity index is 1.37. The van der Waals surface area contributed by atoms with Crippen molar-refractivity contribution in [2.24, 2.45) is 0 Å². The number of hydrogen-bond acceptors (Lipinski definition) is 6. The molecule has 238 valence electrons. The highest BCUT2D eigenvalue weighted by Crippen LogP contribution is 2.57. The summed E-state index contributed by atoms with van der Waals surface area (Å²) in [7, 11) is 0. The Labute approximate surface area is 277 Å². The Morgan fingerprint density at radius 2 is 1.34 bits per heavy atom. The average molecular weight is 625 g/mol. The number of rotatable bonds is 11. The lowest BCUT2D eigenvalue weighted by Crippen LogP contribution is -2.37. The van der Waals surface area contributed by atoms with Crippen molar-refractivity contribution in [3.05, 3.63) is 155 Å².